The molecule has 16 heavy (non-hydrogen) atoms. The van der Waals surface area contributed by atoms with Crippen LogP contribution in [0.15, 0.2) is 0 Å². The Morgan fingerprint density at radius 1 is 1.44 bits per heavy atom. The van der Waals surface area contributed by atoms with Gasteiger partial charge in [0.25, 0.3) is 0 Å². The van der Waals surface area contributed by atoms with Crippen molar-refractivity contribution in [3.63, 3.8) is 0 Å². The quantitative estimate of drug-likeness (QED) is 0.637. The largest absolute Gasteiger partial charge is 0.356 e. The summed E-state index contributed by atoms with van der Waals surface area (Å²) in [6.45, 7) is 4.08. The van der Waals surface area contributed by atoms with Crippen LogP contribution in [0.1, 0.15) is 13.3 Å². The van der Waals surface area contributed by atoms with E-state index in [0.717, 1.165) is 13.1 Å². The molecule has 2 atom stereocenters. The number of hydrogen-bond acceptors (Lipinski definition) is 4. The van der Waals surface area contributed by atoms with Crippen molar-refractivity contribution in [1.29, 1.82) is 0 Å². The van der Waals surface area contributed by atoms with E-state index in [1.165, 1.54) is 6.26 Å². The molecule has 2 N–H and O–H groups in total. The van der Waals surface area contributed by atoms with E-state index in [1.807, 2.05) is 6.92 Å². The molecule has 5 nitrogen and oxygen atoms in total. The van der Waals surface area contributed by atoms with Gasteiger partial charge in [-0.3, -0.25) is 4.79 Å². The highest BCUT2D eigenvalue weighted by Crippen LogP contribution is 2.15. The topological polar surface area (TPSA) is 75.3 Å². The summed E-state index contributed by atoms with van der Waals surface area (Å²) >= 11 is 0. The molecule has 2 unspecified atom stereocenters. The Hall–Kier alpha value is -0.620. The third kappa shape index (κ3) is 4.49. The highest BCUT2D eigenvalue weighted by atomic mass is 32.2. The Labute approximate surface area is 96.9 Å². The highest BCUT2D eigenvalue weighted by molar-refractivity contribution is 7.90. The monoisotopic (exact) mass is 248 g/mol. The van der Waals surface area contributed by atoms with Crippen molar-refractivity contribution in [3.8, 4) is 0 Å². The standard InChI is InChI=1S/C10H20N2O3S/c1-8-6-11-7-9(8)10(13)12-4-3-5-16(2,14)15/h8-9,11H,3-7H2,1-2H3,(H,12,13). The normalized spacial score (nSPS) is 25.6. The van der Waals surface area contributed by atoms with E-state index in [-0.39, 0.29) is 17.6 Å². The van der Waals surface area contributed by atoms with Gasteiger partial charge in [-0.15, -0.1) is 0 Å². The number of rotatable bonds is 5. The molecule has 1 fully saturated rings. The first-order valence-corrected chi connectivity index (χ1v) is 7.62. The zero-order chi connectivity index (χ0) is 12.2. The molecule has 0 aliphatic carbocycles. The Morgan fingerprint density at radius 3 is 2.62 bits per heavy atom. The van der Waals surface area contributed by atoms with Crippen LogP contribution in [-0.2, 0) is 14.6 Å². The van der Waals surface area contributed by atoms with Gasteiger partial charge in [0.15, 0.2) is 0 Å². The van der Waals surface area contributed by atoms with Gasteiger partial charge >= 0.3 is 0 Å². The second-order valence-corrected chi connectivity index (χ2v) is 6.78. The lowest BCUT2D eigenvalue weighted by molar-refractivity contribution is -0.125. The van der Waals surface area contributed by atoms with Crippen LogP contribution < -0.4 is 10.6 Å². The third-order valence-corrected chi connectivity index (χ3v) is 3.88. The van der Waals surface area contributed by atoms with Crippen molar-refractivity contribution in [2.75, 3.05) is 31.6 Å². The molecular formula is C10H20N2O3S. The Bertz CT molecular complexity index is 340. The first-order chi connectivity index (χ1) is 7.40. The number of carbonyl (C=O) groups is 1. The van der Waals surface area contributed by atoms with Gasteiger partial charge in [-0.05, 0) is 18.9 Å². The second-order valence-electron chi connectivity index (χ2n) is 4.52. The number of nitrogens with one attached hydrogen (secondary N) is 2. The van der Waals surface area contributed by atoms with Gasteiger partial charge < -0.3 is 10.6 Å². The van der Waals surface area contributed by atoms with Crippen molar-refractivity contribution in [2.24, 2.45) is 11.8 Å². The van der Waals surface area contributed by atoms with Gasteiger partial charge in [-0.1, -0.05) is 6.92 Å². The molecule has 1 amide bonds. The summed E-state index contributed by atoms with van der Waals surface area (Å²) in [5.41, 5.74) is 0. The Kier molecular flexibility index (Phi) is 4.73. The van der Waals surface area contributed by atoms with E-state index in [9.17, 15) is 13.2 Å². The minimum atomic E-state index is -2.92. The molecule has 0 spiro atoms. The maximum absolute atomic E-state index is 11.7. The van der Waals surface area contributed by atoms with Crippen LogP contribution in [0.4, 0.5) is 0 Å². The molecular weight excluding hydrogens is 228 g/mol. The fourth-order valence-electron chi connectivity index (χ4n) is 1.84. The molecule has 1 saturated heterocycles. The lowest BCUT2D eigenvalue weighted by atomic mass is 9.97. The molecule has 0 aromatic rings. The number of hydrogen-bond donors (Lipinski definition) is 2. The average Bonchev–Trinajstić information content (AvgIpc) is 2.57. The minimum absolute atomic E-state index is 0.0261. The molecule has 1 rings (SSSR count). The van der Waals surface area contributed by atoms with Gasteiger partial charge in [0.2, 0.25) is 5.91 Å². The summed E-state index contributed by atoms with van der Waals surface area (Å²) < 4.78 is 21.7. The van der Waals surface area contributed by atoms with Crippen LogP contribution in [0.3, 0.4) is 0 Å². The summed E-state index contributed by atoms with van der Waals surface area (Å²) in [4.78, 5) is 11.7. The predicted octanol–water partition coefficient (Wildman–Crippen LogP) is -0.607. The average molecular weight is 248 g/mol. The van der Waals surface area contributed by atoms with Gasteiger partial charge in [0.1, 0.15) is 9.84 Å². The lowest BCUT2D eigenvalue weighted by Gasteiger charge is -2.13. The first-order valence-electron chi connectivity index (χ1n) is 5.56. The number of sulfone groups is 1. The molecule has 0 saturated carbocycles. The van der Waals surface area contributed by atoms with Gasteiger partial charge in [-0.25, -0.2) is 8.42 Å². The molecule has 0 radical (unpaired) electrons. The maximum atomic E-state index is 11.7. The molecule has 1 aliphatic rings. The summed E-state index contributed by atoms with van der Waals surface area (Å²) in [6.07, 6.45) is 1.69. The van der Waals surface area contributed by atoms with E-state index in [1.54, 1.807) is 0 Å². The van der Waals surface area contributed by atoms with E-state index in [4.69, 9.17) is 0 Å². The molecule has 1 heterocycles. The zero-order valence-electron chi connectivity index (χ0n) is 9.82. The van der Waals surface area contributed by atoms with Crippen molar-refractivity contribution in [1.82, 2.24) is 10.6 Å². The van der Waals surface area contributed by atoms with Gasteiger partial charge in [-0.2, -0.15) is 0 Å². The minimum Gasteiger partial charge on any atom is -0.356 e. The molecule has 0 bridgehead atoms. The van der Waals surface area contributed by atoms with Crippen molar-refractivity contribution >= 4 is 15.7 Å². The second kappa shape index (κ2) is 5.63. The number of carbonyl (C=O) groups excluding carboxylic acids is 1. The summed E-state index contributed by atoms with van der Waals surface area (Å²) in [6, 6.07) is 0. The van der Waals surface area contributed by atoms with Crippen LogP contribution in [0, 0.1) is 11.8 Å². The third-order valence-electron chi connectivity index (χ3n) is 2.85. The van der Waals surface area contributed by atoms with Crippen molar-refractivity contribution in [2.45, 2.75) is 13.3 Å². The summed E-state index contributed by atoms with van der Waals surface area (Å²) in [5, 5.41) is 5.95. The smallest absolute Gasteiger partial charge is 0.224 e. The molecule has 0 aromatic carbocycles. The molecule has 1 aliphatic heterocycles. The van der Waals surface area contributed by atoms with Crippen LogP contribution in [0.5, 0.6) is 0 Å². The van der Waals surface area contributed by atoms with Gasteiger partial charge in [0, 0.05) is 19.3 Å². The zero-order valence-corrected chi connectivity index (χ0v) is 10.6. The van der Waals surface area contributed by atoms with Crippen LogP contribution in [-0.4, -0.2) is 46.0 Å². The number of amides is 1. The van der Waals surface area contributed by atoms with E-state index in [0.29, 0.717) is 18.9 Å². The fraction of sp³-hybridized carbons (Fsp3) is 0.900. The fourth-order valence-corrected chi connectivity index (χ4v) is 2.51. The Morgan fingerprint density at radius 2 is 2.12 bits per heavy atom. The molecule has 94 valence electrons. The molecule has 0 aromatic heterocycles. The molecule has 6 heteroatoms. The van der Waals surface area contributed by atoms with Crippen LogP contribution >= 0.6 is 0 Å². The van der Waals surface area contributed by atoms with Crippen LogP contribution in [0.2, 0.25) is 0 Å². The van der Waals surface area contributed by atoms with E-state index >= 15 is 0 Å². The maximum Gasteiger partial charge on any atom is 0.224 e. The van der Waals surface area contributed by atoms with E-state index < -0.39 is 9.84 Å². The van der Waals surface area contributed by atoms with Gasteiger partial charge in [0.05, 0.1) is 11.7 Å². The van der Waals surface area contributed by atoms with Crippen molar-refractivity contribution < 1.29 is 13.2 Å². The highest BCUT2D eigenvalue weighted by Gasteiger charge is 2.28. The summed E-state index contributed by atoms with van der Waals surface area (Å²) in [7, 11) is -2.92. The summed E-state index contributed by atoms with van der Waals surface area (Å²) in [5.74, 6) is 0.547. The van der Waals surface area contributed by atoms with E-state index in [2.05, 4.69) is 10.6 Å². The Balaban J connectivity index is 2.20. The van der Waals surface area contributed by atoms with Crippen molar-refractivity contribution in [3.05, 3.63) is 0 Å². The first kappa shape index (κ1) is 13.4. The SMILES string of the molecule is CC1CNCC1C(=O)NCCCS(C)(=O)=O. The predicted molar refractivity (Wildman–Crippen MR) is 62.9 cm³/mol. The lowest BCUT2D eigenvalue weighted by Crippen LogP contribution is -2.35. The van der Waals surface area contributed by atoms with Crippen LogP contribution in [0.25, 0.3) is 0 Å².